The van der Waals surface area contributed by atoms with E-state index in [1.807, 2.05) is 12.3 Å². The van der Waals surface area contributed by atoms with Crippen molar-refractivity contribution in [2.75, 3.05) is 75.5 Å². The number of hydrogen-bond acceptors (Lipinski definition) is 11. The average molecular weight is 560 g/mol. The summed E-state index contributed by atoms with van der Waals surface area (Å²) in [5, 5.41) is 0.974. The zero-order chi connectivity index (χ0) is 27.8. The Labute approximate surface area is 239 Å². The molecule has 216 valence electrons. The molecule has 4 aromatic heterocycles. The first-order valence-corrected chi connectivity index (χ1v) is 14.6. The Morgan fingerprint density at radius 2 is 1.80 bits per heavy atom. The maximum atomic E-state index is 6.63. The lowest BCUT2D eigenvalue weighted by Gasteiger charge is -2.36. The Morgan fingerprint density at radius 3 is 2.59 bits per heavy atom. The molecule has 3 aliphatic rings. The van der Waals surface area contributed by atoms with Gasteiger partial charge in [-0.15, -0.1) is 0 Å². The molecule has 0 amide bonds. The SMILES string of the molecule is CC1(C)Cc2c(c(N3CCOCC3)nc3oc4c(N(CCN5CCOCC5)Cc5cccnc5)ncnc4c23)CO1. The van der Waals surface area contributed by atoms with E-state index in [-0.39, 0.29) is 5.60 Å². The Bertz CT molecular complexity index is 1510. The van der Waals surface area contributed by atoms with E-state index in [2.05, 4.69) is 39.6 Å². The smallest absolute Gasteiger partial charge is 0.231 e. The van der Waals surface area contributed by atoms with Crippen LogP contribution in [0.4, 0.5) is 11.6 Å². The van der Waals surface area contributed by atoms with E-state index in [4.69, 9.17) is 33.6 Å². The van der Waals surface area contributed by atoms with Crippen molar-refractivity contribution in [2.45, 2.75) is 39.0 Å². The summed E-state index contributed by atoms with van der Waals surface area (Å²) in [6, 6.07) is 4.07. The largest absolute Gasteiger partial charge is 0.432 e. The minimum Gasteiger partial charge on any atom is -0.432 e. The second-order valence-electron chi connectivity index (χ2n) is 11.6. The molecule has 0 spiro atoms. The summed E-state index contributed by atoms with van der Waals surface area (Å²) >= 11 is 0. The number of pyridine rings is 2. The maximum absolute atomic E-state index is 6.63. The molecule has 2 fully saturated rings. The van der Waals surface area contributed by atoms with Gasteiger partial charge in [-0.1, -0.05) is 6.07 Å². The van der Waals surface area contributed by atoms with Gasteiger partial charge in [0.1, 0.15) is 17.7 Å². The lowest BCUT2D eigenvalue weighted by molar-refractivity contribution is -0.0396. The first-order chi connectivity index (χ1) is 20.1. The number of hydrogen-bond donors (Lipinski definition) is 0. The Balaban J connectivity index is 1.34. The summed E-state index contributed by atoms with van der Waals surface area (Å²) in [7, 11) is 0. The lowest BCUT2D eigenvalue weighted by Crippen LogP contribution is -2.41. The van der Waals surface area contributed by atoms with Crippen molar-refractivity contribution < 1.29 is 18.6 Å². The lowest BCUT2D eigenvalue weighted by atomic mass is 9.90. The highest BCUT2D eigenvalue weighted by molar-refractivity contribution is 6.07. The highest BCUT2D eigenvalue weighted by atomic mass is 16.5. The Morgan fingerprint density at radius 1 is 1.00 bits per heavy atom. The average Bonchev–Trinajstić information content (AvgIpc) is 3.39. The summed E-state index contributed by atoms with van der Waals surface area (Å²) in [5.74, 6) is 1.71. The van der Waals surface area contributed by atoms with Crippen molar-refractivity contribution in [1.82, 2.24) is 24.8 Å². The van der Waals surface area contributed by atoms with Crippen molar-refractivity contribution in [3.05, 3.63) is 47.5 Å². The van der Waals surface area contributed by atoms with Crippen molar-refractivity contribution in [1.29, 1.82) is 0 Å². The van der Waals surface area contributed by atoms with Gasteiger partial charge < -0.3 is 28.4 Å². The zero-order valence-corrected chi connectivity index (χ0v) is 23.8. The zero-order valence-electron chi connectivity index (χ0n) is 23.8. The molecule has 0 aliphatic carbocycles. The van der Waals surface area contributed by atoms with Crippen LogP contribution in [0.15, 0.2) is 35.3 Å². The highest BCUT2D eigenvalue weighted by Gasteiger charge is 2.34. The van der Waals surface area contributed by atoms with Gasteiger partial charge in [0.25, 0.3) is 0 Å². The summed E-state index contributed by atoms with van der Waals surface area (Å²) in [5.41, 5.74) is 5.24. The van der Waals surface area contributed by atoms with E-state index in [1.54, 1.807) is 12.5 Å². The molecule has 2 saturated heterocycles. The first kappa shape index (κ1) is 26.5. The second kappa shape index (κ2) is 11.1. The fourth-order valence-corrected chi connectivity index (χ4v) is 6.10. The Kier molecular flexibility index (Phi) is 7.20. The molecule has 3 aliphatic heterocycles. The minimum atomic E-state index is -0.298. The number of rotatable bonds is 7. The van der Waals surface area contributed by atoms with Gasteiger partial charge in [0.2, 0.25) is 5.71 Å². The van der Waals surface area contributed by atoms with Gasteiger partial charge in [-0.3, -0.25) is 9.88 Å². The number of morpholine rings is 2. The van der Waals surface area contributed by atoms with Gasteiger partial charge in [0.05, 0.1) is 44.0 Å². The van der Waals surface area contributed by atoms with Crippen molar-refractivity contribution in [3.63, 3.8) is 0 Å². The summed E-state index contributed by atoms with van der Waals surface area (Å²) < 4.78 is 24.1. The Hall–Kier alpha value is -3.38. The standard InChI is InChI=1S/C30H37N7O4/c1-30(2)16-22-23(19-40-30)27(36-10-14-39-15-11-36)34-29-24(22)25-26(41-29)28(33-20-32-25)37(18-21-4-3-5-31-17-21)7-6-35-8-12-38-13-9-35/h3-5,17,20H,6-16,18-19H2,1-2H3. The molecule has 4 aromatic rings. The number of nitrogens with zero attached hydrogens (tertiary/aromatic N) is 7. The molecular weight excluding hydrogens is 522 g/mol. The van der Waals surface area contributed by atoms with Gasteiger partial charge >= 0.3 is 0 Å². The van der Waals surface area contributed by atoms with Crippen LogP contribution >= 0.6 is 0 Å². The fraction of sp³-hybridized carbons (Fsp3) is 0.533. The van der Waals surface area contributed by atoms with Crippen LogP contribution in [0.25, 0.3) is 22.2 Å². The number of furan rings is 1. The molecule has 0 N–H and O–H groups in total. The molecule has 0 radical (unpaired) electrons. The van der Waals surface area contributed by atoms with Crippen LogP contribution in [-0.4, -0.2) is 96.1 Å². The molecule has 11 heteroatoms. The summed E-state index contributed by atoms with van der Waals surface area (Å²) in [6.45, 7) is 13.5. The molecule has 7 rings (SSSR count). The minimum absolute atomic E-state index is 0.298. The van der Waals surface area contributed by atoms with E-state index >= 15 is 0 Å². The van der Waals surface area contributed by atoms with Crippen LogP contribution in [0.3, 0.4) is 0 Å². The summed E-state index contributed by atoms with van der Waals surface area (Å²) in [4.78, 5) is 26.0. The van der Waals surface area contributed by atoms with Gasteiger partial charge in [0, 0.05) is 70.2 Å². The highest BCUT2D eigenvalue weighted by Crippen LogP contribution is 2.42. The van der Waals surface area contributed by atoms with Gasteiger partial charge in [-0.05, 0) is 31.0 Å². The molecule has 7 heterocycles. The van der Waals surface area contributed by atoms with Crippen LogP contribution < -0.4 is 9.80 Å². The molecule has 0 bridgehead atoms. The molecule has 0 aromatic carbocycles. The number of aromatic nitrogens is 4. The molecular formula is C30H37N7O4. The number of anilines is 2. The van der Waals surface area contributed by atoms with Crippen LogP contribution in [0.1, 0.15) is 30.5 Å². The third-order valence-electron chi connectivity index (χ3n) is 8.28. The maximum Gasteiger partial charge on any atom is 0.231 e. The van der Waals surface area contributed by atoms with Crippen molar-refractivity contribution >= 4 is 33.8 Å². The second-order valence-corrected chi connectivity index (χ2v) is 11.6. The van der Waals surface area contributed by atoms with Crippen LogP contribution in [0.2, 0.25) is 0 Å². The van der Waals surface area contributed by atoms with Crippen LogP contribution in [0, 0.1) is 0 Å². The van der Waals surface area contributed by atoms with Crippen LogP contribution in [-0.2, 0) is 33.8 Å². The van der Waals surface area contributed by atoms with E-state index < -0.39 is 0 Å². The van der Waals surface area contributed by atoms with Crippen molar-refractivity contribution in [3.8, 4) is 0 Å². The third kappa shape index (κ3) is 5.34. The first-order valence-electron chi connectivity index (χ1n) is 14.6. The van der Waals surface area contributed by atoms with Gasteiger partial charge in [0.15, 0.2) is 11.4 Å². The molecule has 41 heavy (non-hydrogen) atoms. The van der Waals surface area contributed by atoms with Gasteiger partial charge in [-0.25, -0.2) is 9.97 Å². The van der Waals surface area contributed by atoms with Gasteiger partial charge in [-0.2, -0.15) is 4.98 Å². The number of fused-ring (bicyclic) bond motifs is 5. The van der Waals surface area contributed by atoms with E-state index in [0.717, 1.165) is 92.6 Å². The molecule has 0 saturated carbocycles. The quantitative estimate of drug-likeness (QED) is 0.334. The normalized spacial score (nSPS) is 19.5. The topological polar surface area (TPSA) is 102 Å². The summed E-state index contributed by atoms with van der Waals surface area (Å²) in [6.07, 6.45) is 6.12. The third-order valence-corrected chi connectivity index (χ3v) is 8.28. The van der Waals surface area contributed by atoms with Crippen LogP contribution in [0.5, 0.6) is 0 Å². The van der Waals surface area contributed by atoms with Crippen molar-refractivity contribution in [2.24, 2.45) is 0 Å². The molecule has 11 nitrogen and oxygen atoms in total. The fourth-order valence-electron chi connectivity index (χ4n) is 6.10. The predicted octanol–water partition coefficient (Wildman–Crippen LogP) is 3.19. The monoisotopic (exact) mass is 559 g/mol. The number of ether oxygens (including phenoxy) is 3. The van der Waals surface area contributed by atoms with E-state index in [1.165, 1.54) is 5.56 Å². The molecule has 0 unspecified atom stereocenters. The van der Waals surface area contributed by atoms with E-state index in [0.29, 0.717) is 37.7 Å². The van der Waals surface area contributed by atoms with E-state index in [9.17, 15) is 0 Å². The predicted molar refractivity (Wildman–Crippen MR) is 155 cm³/mol. The molecule has 0 atom stereocenters.